The van der Waals surface area contributed by atoms with E-state index in [1.165, 1.54) is 70.6 Å². The van der Waals surface area contributed by atoms with Gasteiger partial charge in [0.2, 0.25) is 0 Å². The molecule has 0 radical (unpaired) electrons. The Morgan fingerprint density at radius 2 is 1.32 bits per heavy atom. The SMILES string of the molecule is CCCCCCCC/C=C\CCCCCCCC(=O)OCCC(C)C. The zero-order valence-electron chi connectivity index (χ0n) is 17.4. The van der Waals surface area contributed by atoms with E-state index in [1.54, 1.807) is 0 Å². The van der Waals surface area contributed by atoms with Gasteiger partial charge in [-0.3, -0.25) is 4.79 Å². The molecule has 0 aromatic rings. The molecule has 0 aliphatic heterocycles. The second-order valence-electron chi connectivity index (χ2n) is 7.74. The summed E-state index contributed by atoms with van der Waals surface area (Å²) in [5.41, 5.74) is 0. The second-order valence-corrected chi connectivity index (χ2v) is 7.74. The maximum Gasteiger partial charge on any atom is 0.305 e. The summed E-state index contributed by atoms with van der Waals surface area (Å²) in [6, 6.07) is 0. The Balaban J connectivity index is 3.20. The van der Waals surface area contributed by atoms with Gasteiger partial charge in [0.05, 0.1) is 6.61 Å². The van der Waals surface area contributed by atoms with Gasteiger partial charge in [-0.2, -0.15) is 0 Å². The first-order valence-electron chi connectivity index (χ1n) is 11.0. The molecule has 2 heteroatoms. The van der Waals surface area contributed by atoms with Gasteiger partial charge >= 0.3 is 5.97 Å². The average Bonchev–Trinajstić information content (AvgIpc) is 2.58. The predicted molar refractivity (Wildman–Crippen MR) is 110 cm³/mol. The van der Waals surface area contributed by atoms with Crippen molar-refractivity contribution in [3.8, 4) is 0 Å². The molecule has 0 amide bonds. The number of hydrogen-bond donors (Lipinski definition) is 0. The number of hydrogen-bond acceptors (Lipinski definition) is 2. The molecule has 25 heavy (non-hydrogen) atoms. The molecule has 148 valence electrons. The van der Waals surface area contributed by atoms with E-state index in [-0.39, 0.29) is 5.97 Å². The lowest BCUT2D eigenvalue weighted by Crippen LogP contribution is -2.07. The van der Waals surface area contributed by atoms with Gasteiger partial charge in [-0.05, 0) is 44.4 Å². The van der Waals surface area contributed by atoms with Crippen LogP contribution in [0.25, 0.3) is 0 Å². The Bertz CT molecular complexity index is 307. The summed E-state index contributed by atoms with van der Waals surface area (Å²) in [7, 11) is 0. The van der Waals surface area contributed by atoms with Crippen LogP contribution in [0.15, 0.2) is 12.2 Å². The molecule has 0 aliphatic rings. The minimum Gasteiger partial charge on any atom is -0.466 e. The van der Waals surface area contributed by atoms with Crippen LogP contribution in [0.1, 0.15) is 117 Å². The quantitative estimate of drug-likeness (QED) is 0.144. The van der Waals surface area contributed by atoms with Crippen LogP contribution in [0.2, 0.25) is 0 Å². The van der Waals surface area contributed by atoms with Crippen LogP contribution >= 0.6 is 0 Å². The molecule has 0 aromatic carbocycles. The summed E-state index contributed by atoms with van der Waals surface area (Å²) in [5.74, 6) is 0.589. The first-order chi connectivity index (χ1) is 12.2. The molecular weight excluding hydrogens is 308 g/mol. The van der Waals surface area contributed by atoms with E-state index in [4.69, 9.17) is 4.74 Å². The van der Waals surface area contributed by atoms with Crippen molar-refractivity contribution in [3.63, 3.8) is 0 Å². The fourth-order valence-electron chi connectivity index (χ4n) is 2.82. The van der Waals surface area contributed by atoms with Crippen molar-refractivity contribution in [2.45, 2.75) is 117 Å². The maximum atomic E-state index is 11.5. The second kappa shape index (κ2) is 19.5. The molecule has 0 saturated heterocycles. The summed E-state index contributed by atoms with van der Waals surface area (Å²) in [6.45, 7) is 7.16. The monoisotopic (exact) mass is 352 g/mol. The van der Waals surface area contributed by atoms with Gasteiger partial charge in [0, 0.05) is 6.42 Å². The van der Waals surface area contributed by atoms with Crippen LogP contribution in [-0.4, -0.2) is 12.6 Å². The van der Waals surface area contributed by atoms with Crippen LogP contribution in [-0.2, 0) is 9.53 Å². The highest BCUT2D eigenvalue weighted by molar-refractivity contribution is 5.69. The Hall–Kier alpha value is -0.790. The van der Waals surface area contributed by atoms with E-state index in [1.807, 2.05) is 0 Å². The molecule has 0 heterocycles. The van der Waals surface area contributed by atoms with Crippen molar-refractivity contribution in [2.75, 3.05) is 6.61 Å². The number of carbonyl (C=O) groups is 1. The maximum absolute atomic E-state index is 11.5. The first-order valence-corrected chi connectivity index (χ1v) is 11.0. The molecule has 0 rings (SSSR count). The third-order valence-corrected chi connectivity index (χ3v) is 4.60. The number of unbranched alkanes of at least 4 members (excludes halogenated alkanes) is 11. The predicted octanol–water partition coefficient (Wildman–Crippen LogP) is 7.61. The third-order valence-electron chi connectivity index (χ3n) is 4.60. The van der Waals surface area contributed by atoms with Gasteiger partial charge in [-0.15, -0.1) is 0 Å². The van der Waals surface area contributed by atoms with E-state index in [2.05, 4.69) is 32.9 Å². The third kappa shape index (κ3) is 21.2. The highest BCUT2D eigenvalue weighted by Crippen LogP contribution is 2.10. The summed E-state index contributed by atoms with van der Waals surface area (Å²) in [6.07, 6.45) is 23.0. The Labute approximate surface area is 157 Å². The van der Waals surface area contributed by atoms with Crippen LogP contribution < -0.4 is 0 Å². The minimum absolute atomic E-state index is 0.0155. The Morgan fingerprint density at radius 1 is 0.800 bits per heavy atom. The first kappa shape index (κ1) is 24.2. The molecule has 0 N–H and O–H groups in total. The van der Waals surface area contributed by atoms with Crippen molar-refractivity contribution in [1.29, 1.82) is 0 Å². The van der Waals surface area contributed by atoms with Crippen molar-refractivity contribution in [3.05, 3.63) is 12.2 Å². The molecule has 0 spiro atoms. The van der Waals surface area contributed by atoms with E-state index in [0.717, 1.165) is 19.3 Å². The van der Waals surface area contributed by atoms with Gasteiger partial charge in [0.1, 0.15) is 0 Å². The number of esters is 1. The minimum atomic E-state index is -0.0155. The van der Waals surface area contributed by atoms with Crippen molar-refractivity contribution < 1.29 is 9.53 Å². The molecule has 0 bridgehead atoms. The number of carbonyl (C=O) groups excluding carboxylic acids is 1. The summed E-state index contributed by atoms with van der Waals surface area (Å²) >= 11 is 0. The van der Waals surface area contributed by atoms with Crippen LogP contribution in [0, 0.1) is 5.92 Å². The largest absolute Gasteiger partial charge is 0.466 e. The van der Waals surface area contributed by atoms with E-state index in [9.17, 15) is 4.79 Å². The van der Waals surface area contributed by atoms with E-state index < -0.39 is 0 Å². The molecule has 0 saturated carbocycles. The lowest BCUT2D eigenvalue weighted by molar-refractivity contribution is -0.144. The normalized spacial score (nSPS) is 11.5. The fourth-order valence-corrected chi connectivity index (χ4v) is 2.82. The zero-order valence-corrected chi connectivity index (χ0v) is 17.4. The van der Waals surface area contributed by atoms with E-state index >= 15 is 0 Å². The van der Waals surface area contributed by atoms with Crippen molar-refractivity contribution >= 4 is 5.97 Å². The zero-order chi connectivity index (χ0) is 18.6. The molecule has 0 aromatic heterocycles. The summed E-state index contributed by atoms with van der Waals surface area (Å²) in [5, 5.41) is 0. The van der Waals surface area contributed by atoms with Gasteiger partial charge in [-0.1, -0.05) is 84.3 Å². The topological polar surface area (TPSA) is 26.3 Å². The number of rotatable bonds is 18. The molecule has 0 aliphatic carbocycles. The Morgan fingerprint density at radius 3 is 1.88 bits per heavy atom. The molecule has 0 fully saturated rings. The molecule has 0 atom stereocenters. The Kier molecular flexibility index (Phi) is 18.9. The highest BCUT2D eigenvalue weighted by Gasteiger charge is 2.03. The average molecular weight is 353 g/mol. The lowest BCUT2D eigenvalue weighted by atomic mass is 10.1. The summed E-state index contributed by atoms with van der Waals surface area (Å²) < 4.78 is 5.22. The molecule has 2 nitrogen and oxygen atoms in total. The smallest absolute Gasteiger partial charge is 0.305 e. The number of allylic oxidation sites excluding steroid dienone is 2. The van der Waals surface area contributed by atoms with Gasteiger partial charge < -0.3 is 4.74 Å². The van der Waals surface area contributed by atoms with Gasteiger partial charge in [0.25, 0.3) is 0 Å². The van der Waals surface area contributed by atoms with Crippen LogP contribution in [0.4, 0.5) is 0 Å². The van der Waals surface area contributed by atoms with Gasteiger partial charge in [0.15, 0.2) is 0 Å². The highest BCUT2D eigenvalue weighted by atomic mass is 16.5. The number of ether oxygens (including phenoxy) is 1. The van der Waals surface area contributed by atoms with E-state index in [0.29, 0.717) is 18.9 Å². The molecular formula is C23H44O2. The van der Waals surface area contributed by atoms with Gasteiger partial charge in [-0.25, -0.2) is 0 Å². The molecule has 0 unspecified atom stereocenters. The summed E-state index contributed by atoms with van der Waals surface area (Å²) in [4.78, 5) is 11.5. The lowest BCUT2D eigenvalue weighted by Gasteiger charge is -2.06. The van der Waals surface area contributed by atoms with Crippen LogP contribution in [0.5, 0.6) is 0 Å². The van der Waals surface area contributed by atoms with Crippen molar-refractivity contribution in [1.82, 2.24) is 0 Å². The fraction of sp³-hybridized carbons (Fsp3) is 0.870. The standard InChI is InChI=1S/C23H44O2/c1-4-5-6-7-8-9-10-11-12-13-14-15-16-17-18-19-23(24)25-21-20-22(2)3/h11-12,22H,4-10,13-21H2,1-3H3/b12-11-. The van der Waals surface area contributed by atoms with Crippen molar-refractivity contribution in [2.24, 2.45) is 5.92 Å². The van der Waals surface area contributed by atoms with Crippen LogP contribution in [0.3, 0.4) is 0 Å².